The summed E-state index contributed by atoms with van der Waals surface area (Å²) in [6.07, 6.45) is 1.34. The van der Waals surface area contributed by atoms with Crippen LogP contribution < -0.4 is 10.2 Å². The summed E-state index contributed by atoms with van der Waals surface area (Å²) in [4.78, 5) is 22.4. The van der Waals surface area contributed by atoms with Gasteiger partial charge in [0.2, 0.25) is 0 Å². The van der Waals surface area contributed by atoms with Crippen molar-refractivity contribution in [3.63, 3.8) is 0 Å². The summed E-state index contributed by atoms with van der Waals surface area (Å²) < 4.78 is 11.3. The maximum Gasteiger partial charge on any atom is 0.277 e. The molecule has 166 valence electrons. The van der Waals surface area contributed by atoms with Gasteiger partial charge in [-0.3, -0.25) is 14.9 Å². The highest BCUT2D eigenvalue weighted by molar-refractivity contribution is 6.33. The number of carbonyl (C=O) groups excluding carboxylic acids is 1. The van der Waals surface area contributed by atoms with E-state index in [1.54, 1.807) is 12.1 Å². The maximum atomic E-state index is 12.1. The zero-order valence-corrected chi connectivity index (χ0v) is 18.6. The van der Waals surface area contributed by atoms with Gasteiger partial charge < -0.3 is 9.15 Å². The van der Waals surface area contributed by atoms with Gasteiger partial charge in [0.05, 0.1) is 16.2 Å². The van der Waals surface area contributed by atoms with Gasteiger partial charge in [-0.25, -0.2) is 5.43 Å². The number of nitrogens with one attached hydrogen (secondary N) is 1. The third kappa shape index (κ3) is 5.73. The van der Waals surface area contributed by atoms with Crippen LogP contribution in [0.15, 0.2) is 58.0 Å². The average molecular weight is 456 g/mol. The first-order valence-electron chi connectivity index (χ1n) is 9.84. The Morgan fingerprint density at radius 2 is 2.03 bits per heavy atom. The van der Waals surface area contributed by atoms with E-state index in [0.717, 1.165) is 11.1 Å². The van der Waals surface area contributed by atoms with Crippen LogP contribution in [0.4, 0.5) is 5.69 Å². The number of carbonyl (C=O) groups is 1. The largest absolute Gasteiger partial charge is 0.483 e. The van der Waals surface area contributed by atoms with E-state index in [2.05, 4.69) is 24.4 Å². The van der Waals surface area contributed by atoms with Crippen LogP contribution >= 0.6 is 11.6 Å². The fraction of sp³-hybridized carbons (Fsp3) is 0.217. The van der Waals surface area contributed by atoms with E-state index >= 15 is 0 Å². The summed E-state index contributed by atoms with van der Waals surface area (Å²) in [5.74, 6) is 1.32. The number of aryl methyl sites for hydroxylation is 1. The number of non-ortho nitro benzene ring substituents is 1. The molecule has 0 saturated heterocycles. The van der Waals surface area contributed by atoms with Crippen molar-refractivity contribution in [1.82, 2.24) is 5.43 Å². The minimum Gasteiger partial charge on any atom is -0.483 e. The number of benzene rings is 2. The zero-order valence-electron chi connectivity index (χ0n) is 17.8. The normalized spacial score (nSPS) is 11.2. The van der Waals surface area contributed by atoms with Gasteiger partial charge in [0.1, 0.15) is 17.3 Å². The third-order valence-corrected chi connectivity index (χ3v) is 4.90. The van der Waals surface area contributed by atoms with Crippen molar-refractivity contribution < 1.29 is 18.9 Å². The standard InChI is InChI=1S/C23H22ClN3O5/c1-14(2)18-7-4-15(3)10-22(18)31-13-23(28)26-25-12-17-6-9-21(32-17)19-8-5-16(27(29)30)11-20(19)24/h4-12,14H,13H2,1-3H3,(H,26,28)/b25-12-. The van der Waals surface area contributed by atoms with Crippen LogP contribution in [-0.4, -0.2) is 23.7 Å². The molecule has 8 nitrogen and oxygen atoms in total. The molecule has 0 aliphatic heterocycles. The summed E-state index contributed by atoms with van der Waals surface area (Å²) in [7, 11) is 0. The molecule has 0 atom stereocenters. The topological polar surface area (TPSA) is 107 Å². The SMILES string of the molecule is Cc1ccc(C(C)C)c(OCC(=O)N/N=C\c2ccc(-c3ccc([N+](=O)[O-])cc3Cl)o2)c1. The molecule has 0 spiro atoms. The molecule has 2 aromatic carbocycles. The first kappa shape index (κ1) is 23.0. The summed E-state index contributed by atoms with van der Waals surface area (Å²) >= 11 is 6.12. The second kappa shape index (κ2) is 10.1. The van der Waals surface area contributed by atoms with Crippen molar-refractivity contribution in [2.45, 2.75) is 26.7 Å². The third-order valence-electron chi connectivity index (χ3n) is 4.59. The lowest BCUT2D eigenvalue weighted by Crippen LogP contribution is -2.24. The molecule has 1 aromatic heterocycles. The summed E-state index contributed by atoms with van der Waals surface area (Å²) in [5.41, 5.74) is 4.86. The van der Waals surface area contributed by atoms with Gasteiger partial charge in [-0.2, -0.15) is 5.10 Å². The number of nitrogens with zero attached hydrogens (tertiary/aromatic N) is 2. The Morgan fingerprint density at radius 3 is 2.72 bits per heavy atom. The Morgan fingerprint density at radius 1 is 1.25 bits per heavy atom. The van der Waals surface area contributed by atoms with E-state index in [-0.39, 0.29) is 23.2 Å². The first-order valence-corrected chi connectivity index (χ1v) is 10.2. The zero-order chi connectivity index (χ0) is 23.3. The Kier molecular flexibility index (Phi) is 7.27. The molecular formula is C23H22ClN3O5. The van der Waals surface area contributed by atoms with Gasteiger partial charge in [0, 0.05) is 17.7 Å². The van der Waals surface area contributed by atoms with Gasteiger partial charge in [-0.15, -0.1) is 0 Å². The number of hydrogen-bond donors (Lipinski definition) is 1. The lowest BCUT2D eigenvalue weighted by atomic mass is 10.0. The molecular weight excluding hydrogens is 434 g/mol. The van der Waals surface area contributed by atoms with Crippen LogP contribution in [-0.2, 0) is 4.79 Å². The highest BCUT2D eigenvalue weighted by atomic mass is 35.5. The van der Waals surface area contributed by atoms with Crippen molar-refractivity contribution >= 4 is 29.4 Å². The number of nitro benzene ring substituents is 1. The molecule has 0 aliphatic rings. The summed E-state index contributed by atoms with van der Waals surface area (Å²) in [6, 6.07) is 13.3. The van der Waals surface area contributed by atoms with Gasteiger partial charge in [0.15, 0.2) is 6.61 Å². The molecule has 0 saturated carbocycles. The predicted molar refractivity (Wildman–Crippen MR) is 122 cm³/mol. The molecule has 1 N–H and O–H groups in total. The predicted octanol–water partition coefficient (Wildman–Crippen LogP) is 5.47. The molecule has 1 heterocycles. The molecule has 0 radical (unpaired) electrons. The molecule has 0 bridgehead atoms. The minimum absolute atomic E-state index is 0.108. The number of nitro groups is 1. The van der Waals surface area contributed by atoms with Crippen molar-refractivity contribution in [3.8, 4) is 17.1 Å². The minimum atomic E-state index is -0.523. The van der Waals surface area contributed by atoms with Crippen molar-refractivity contribution in [2.75, 3.05) is 6.61 Å². The van der Waals surface area contributed by atoms with Crippen LogP contribution in [0, 0.1) is 17.0 Å². The van der Waals surface area contributed by atoms with Crippen molar-refractivity contribution in [1.29, 1.82) is 0 Å². The van der Waals surface area contributed by atoms with Crippen molar-refractivity contribution in [3.05, 3.63) is 80.6 Å². The summed E-state index contributed by atoms with van der Waals surface area (Å²) in [5, 5.41) is 14.9. The average Bonchev–Trinajstić information content (AvgIpc) is 3.20. The fourth-order valence-electron chi connectivity index (χ4n) is 2.97. The Hall–Kier alpha value is -3.65. The van der Waals surface area contributed by atoms with Crippen LogP contribution in [0.2, 0.25) is 5.02 Å². The lowest BCUT2D eigenvalue weighted by Gasteiger charge is -2.14. The second-order valence-corrected chi connectivity index (χ2v) is 7.81. The quantitative estimate of drug-likeness (QED) is 0.275. The Balaban J connectivity index is 1.58. The van der Waals surface area contributed by atoms with E-state index in [1.807, 2.05) is 25.1 Å². The van der Waals surface area contributed by atoms with Crippen LogP contribution in [0.25, 0.3) is 11.3 Å². The molecule has 1 amide bonds. The van der Waals surface area contributed by atoms with Crippen LogP contribution in [0.1, 0.15) is 36.7 Å². The number of amides is 1. The van der Waals surface area contributed by atoms with Crippen LogP contribution in [0.3, 0.4) is 0 Å². The molecule has 0 aliphatic carbocycles. The molecule has 0 fully saturated rings. The number of furan rings is 1. The van der Waals surface area contributed by atoms with Gasteiger partial charge in [0.25, 0.3) is 11.6 Å². The fourth-order valence-corrected chi connectivity index (χ4v) is 3.24. The Labute approximate surface area is 190 Å². The molecule has 3 aromatic rings. The first-order chi connectivity index (χ1) is 15.2. The molecule has 0 unspecified atom stereocenters. The van der Waals surface area contributed by atoms with Gasteiger partial charge in [-0.1, -0.05) is 37.6 Å². The van der Waals surface area contributed by atoms with E-state index < -0.39 is 10.8 Å². The Bertz CT molecular complexity index is 1170. The highest BCUT2D eigenvalue weighted by Gasteiger charge is 2.13. The van der Waals surface area contributed by atoms with Gasteiger partial charge in [-0.05, 0) is 48.2 Å². The van der Waals surface area contributed by atoms with E-state index in [1.165, 1.54) is 24.4 Å². The maximum absolute atomic E-state index is 12.1. The number of halogens is 1. The van der Waals surface area contributed by atoms with E-state index in [9.17, 15) is 14.9 Å². The molecule has 3 rings (SSSR count). The number of hydrogen-bond acceptors (Lipinski definition) is 6. The van der Waals surface area contributed by atoms with Crippen LogP contribution in [0.5, 0.6) is 5.75 Å². The smallest absolute Gasteiger partial charge is 0.277 e. The van der Waals surface area contributed by atoms with E-state index in [0.29, 0.717) is 22.8 Å². The number of hydrazone groups is 1. The highest BCUT2D eigenvalue weighted by Crippen LogP contribution is 2.32. The monoisotopic (exact) mass is 455 g/mol. The lowest BCUT2D eigenvalue weighted by molar-refractivity contribution is -0.384. The number of ether oxygens (including phenoxy) is 1. The van der Waals surface area contributed by atoms with Gasteiger partial charge >= 0.3 is 0 Å². The number of rotatable bonds is 8. The summed E-state index contributed by atoms with van der Waals surface area (Å²) in [6.45, 7) is 5.90. The van der Waals surface area contributed by atoms with Crippen molar-refractivity contribution in [2.24, 2.45) is 5.10 Å². The second-order valence-electron chi connectivity index (χ2n) is 7.40. The molecule has 9 heteroatoms. The molecule has 32 heavy (non-hydrogen) atoms. The van der Waals surface area contributed by atoms with E-state index in [4.69, 9.17) is 20.8 Å².